The molecule has 6 heteroatoms. The maximum atomic E-state index is 6.24. The third-order valence-electron chi connectivity index (χ3n) is 3.04. The van der Waals surface area contributed by atoms with E-state index in [9.17, 15) is 0 Å². The molecular formula is C14H11Cl2N3S. The minimum absolute atomic E-state index is 0.632. The Morgan fingerprint density at radius 2 is 2.00 bits per heavy atom. The lowest BCUT2D eigenvalue weighted by Gasteiger charge is -2.26. The van der Waals surface area contributed by atoms with Gasteiger partial charge in [-0.3, -0.25) is 0 Å². The first-order valence-electron chi connectivity index (χ1n) is 5.98. The smallest absolute Gasteiger partial charge is 0.187 e. The van der Waals surface area contributed by atoms with Gasteiger partial charge < -0.3 is 4.90 Å². The molecule has 1 aromatic heterocycles. The van der Waals surface area contributed by atoms with Crippen LogP contribution < -0.4 is 4.90 Å². The fraction of sp³-hybridized carbons (Fsp3) is 0.143. The van der Waals surface area contributed by atoms with Gasteiger partial charge in [-0.15, -0.1) is 0 Å². The molecule has 0 saturated carbocycles. The van der Waals surface area contributed by atoms with Gasteiger partial charge in [0.05, 0.1) is 28.0 Å². The van der Waals surface area contributed by atoms with E-state index in [0.29, 0.717) is 16.6 Å². The Balaban J connectivity index is 1.98. The molecule has 20 heavy (non-hydrogen) atoms. The van der Waals surface area contributed by atoms with E-state index < -0.39 is 0 Å². The van der Waals surface area contributed by atoms with E-state index in [1.807, 2.05) is 47.8 Å². The minimum Gasteiger partial charge on any atom is -0.341 e. The molecule has 0 atom stereocenters. The minimum atomic E-state index is 0.632. The van der Waals surface area contributed by atoms with Gasteiger partial charge in [0.15, 0.2) is 5.16 Å². The van der Waals surface area contributed by atoms with Crippen LogP contribution >= 0.6 is 35.0 Å². The fourth-order valence-corrected chi connectivity index (χ4v) is 3.04. The zero-order valence-electron chi connectivity index (χ0n) is 10.7. The van der Waals surface area contributed by atoms with Crippen LogP contribution in [-0.2, 0) is 6.54 Å². The molecule has 0 unspecified atom stereocenters. The summed E-state index contributed by atoms with van der Waals surface area (Å²) >= 11 is 14.0. The van der Waals surface area contributed by atoms with Gasteiger partial charge in [-0.25, -0.2) is 9.97 Å². The van der Waals surface area contributed by atoms with E-state index >= 15 is 0 Å². The molecular weight excluding hydrogens is 313 g/mol. The van der Waals surface area contributed by atoms with Crippen LogP contribution in [0, 0.1) is 0 Å². The Bertz CT molecular complexity index is 668. The van der Waals surface area contributed by atoms with Gasteiger partial charge in [-0.1, -0.05) is 41.0 Å². The van der Waals surface area contributed by atoms with E-state index in [0.717, 1.165) is 22.1 Å². The normalized spacial score (nSPS) is 13.4. The Morgan fingerprint density at radius 3 is 2.70 bits per heavy atom. The molecule has 1 aliphatic rings. The van der Waals surface area contributed by atoms with Crippen LogP contribution in [0.2, 0.25) is 10.0 Å². The zero-order valence-corrected chi connectivity index (χ0v) is 13.0. The number of benzene rings is 1. The molecule has 0 fully saturated rings. The van der Waals surface area contributed by atoms with Gasteiger partial charge in [-0.2, -0.15) is 0 Å². The SMILES string of the molecule is CSc1ncc2c(n1)C=CN(c1c(Cl)cccc1Cl)C2. The summed E-state index contributed by atoms with van der Waals surface area (Å²) in [6, 6.07) is 5.50. The average Bonchev–Trinajstić information content (AvgIpc) is 2.46. The number of rotatable bonds is 2. The molecule has 0 amide bonds. The largest absolute Gasteiger partial charge is 0.341 e. The number of aromatic nitrogens is 2. The molecule has 2 aromatic rings. The lowest BCUT2D eigenvalue weighted by molar-refractivity contribution is 0.868. The molecule has 1 aliphatic heterocycles. The van der Waals surface area contributed by atoms with Gasteiger partial charge in [0.2, 0.25) is 0 Å². The molecule has 2 heterocycles. The molecule has 0 saturated heterocycles. The van der Waals surface area contributed by atoms with Crippen LogP contribution in [-0.4, -0.2) is 16.2 Å². The summed E-state index contributed by atoms with van der Waals surface area (Å²) in [5.41, 5.74) is 2.82. The van der Waals surface area contributed by atoms with E-state index in [1.165, 1.54) is 11.8 Å². The average molecular weight is 324 g/mol. The molecule has 0 spiro atoms. The summed E-state index contributed by atoms with van der Waals surface area (Å²) in [7, 11) is 0. The summed E-state index contributed by atoms with van der Waals surface area (Å²) in [6.07, 6.45) is 7.73. The standard InChI is InChI=1S/C14H11Cl2N3S/c1-20-14-17-7-9-8-19(6-5-12(9)18-14)13-10(15)3-2-4-11(13)16/h2-7H,8H2,1H3. The summed E-state index contributed by atoms with van der Waals surface area (Å²) < 4.78 is 0. The maximum Gasteiger partial charge on any atom is 0.187 e. The second-order valence-electron chi connectivity index (χ2n) is 4.28. The molecule has 0 aliphatic carbocycles. The van der Waals surface area contributed by atoms with Crippen molar-refractivity contribution in [2.45, 2.75) is 11.7 Å². The lowest BCUT2D eigenvalue weighted by atomic mass is 10.1. The number of fused-ring (bicyclic) bond motifs is 1. The quantitative estimate of drug-likeness (QED) is 0.601. The third-order valence-corrected chi connectivity index (χ3v) is 4.21. The van der Waals surface area contributed by atoms with Gasteiger partial charge in [-0.05, 0) is 24.5 Å². The van der Waals surface area contributed by atoms with Crippen molar-refractivity contribution in [3.05, 3.63) is 51.9 Å². The van der Waals surface area contributed by atoms with E-state index in [4.69, 9.17) is 23.2 Å². The first-order valence-corrected chi connectivity index (χ1v) is 7.96. The highest BCUT2D eigenvalue weighted by atomic mass is 35.5. The monoisotopic (exact) mass is 323 g/mol. The highest BCUT2D eigenvalue weighted by Gasteiger charge is 2.18. The third kappa shape index (κ3) is 2.51. The van der Waals surface area contributed by atoms with Crippen molar-refractivity contribution >= 4 is 46.7 Å². The van der Waals surface area contributed by atoms with Gasteiger partial charge >= 0.3 is 0 Å². The molecule has 1 aromatic carbocycles. The van der Waals surface area contributed by atoms with Crippen molar-refractivity contribution in [1.29, 1.82) is 0 Å². The highest BCUT2D eigenvalue weighted by Crippen LogP contribution is 2.36. The Labute approximate surface area is 131 Å². The molecule has 3 rings (SSSR count). The van der Waals surface area contributed by atoms with Crippen LogP contribution in [0.25, 0.3) is 6.08 Å². The van der Waals surface area contributed by atoms with Crippen molar-refractivity contribution in [3.8, 4) is 0 Å². The Morgan fingerprint density at radius 1 is 1.25 bits per heavy atom. The van der Waals surface area contributed by atoms with E-state index in [1.54, 1.807) is 0 Å². The lowest BCUT2D eigenvalue weighted by Crippen LogP contribution is -2.20. The maximum absolute atomic E-state index is 6.24. The van der Waals surface area contributed by atoms with Crippen LogP contribution in [0.4, 0.5) is 5.69 Å². The predicted molar refractivity (Wildman–Crippen MR) is 85.5 cm³/mol. The summed E-state index contributed by atoms with van der Waals surface area (Å²) in [5.74, 6) is 0. The van der Waals surface area contributed by atoms with Crippen LogP contribution in [0.5, 0.6) is 0 Å². The van der Waals surface area contributed by atoms with Crippen molar-refractivity contribution < 1.29 is 0 Å². The van der Waals surface area contributed by atoms with Crippen LogP contribution in [0.15, 0.2) is 35.8 Å². The Kier molecular flexibility index (Phi) is 3.87. The molecule has 3 nitrogen and oxygen atoms in total. The Hall–Kier alpha value is -1.23. The summed E-state index contributed by atoms with van der Waals surface area (Å²) in [5, 5.41) is 2.04. The number of hydrogen-bond donors (Lipinski definition) is 0. The number of hydrogen-bond acceptors (Lipinski definition) is 4. The van der Waals surface area contributed by atoms with Gasteiger partial charge in [0.25, 0.3) is 0 Å². The first kappa shape index (κ1) is 13.7. The van der Waals surface area contributed by atoms with Crippen LogP contribution in [0.3, 0.4) is 0 Å². The van der Waals surface area contributed by atoms with Crippen LogP contribution in [0.1, 0.15) is 11.3 Å². The fourth-order valence-electron chi connectivity index (χ4n) is 2.08. The van der Waals surface area contributed by atoms with Crippen molar-refractivity contribution in [2.75, 3.05) is 11.2 Å². The number of nitrogens with zero attached hydrogens (tertiary/aromatic N) is 3. The molecule has 0 N–H and O–H groups in total. The highest BCUT2D eigenvalue weighted by molar-refractivity contribution is 7.98. The van der Waals surface area contributed by atoms with Crippen molar-refractivity contribution in [1.82, 2.24) is 9.97 Å². The second kappa shape index (κ2) is 5.64. The number of para-hydroxylation sites is 1. The topological polar surface area (TPSA) is 29.0 Å². The number of thioether (sulfide) groups is 1. The molecule has 0 radical (unpaired) electrons. The van der Waals surface area contributed by atoms with E-state index in [2.05, 4.69) is 9.97 Å². The summed E-state index contributed by atoms with van der Waals surface area (Å²) in [6.45, 7) is 0.657. The second-order valence-corrected chi connectivity index (χ2v) is 5.87. The van der Waals surface area contributed by atoms with Crippen molar-refractivity contribution in [3.63, 3.8) is 0 Å². The van der Waals surface area contributed by atoms with E-state index in [-0.39, 0.29) is 0 Å². The number of anilines is 1. The molecule has 0 bridgehead atoms. The van der Waals surface area contributed by atoms with Crippen molar-refractivity contribution in [2.24, 2.45) is 0 Å². The summed E-state index contributed by atoms with van der Waals surface area (Å²) in [4.78, 5) is 10.8. The number of halogens is 2. The zero-order chi connectivity index (χ0) is 14.1. The van der Waals surface area contributed by atoms with Gasteiger partial charge in [0.1, 0.15) is 0 Å². The molecule has 102 valence electrons. The predicted octanol–water partition coefficient (Wildman–Crippen LogP) is 4.50. The first-order chi connectivity index (χ1) is 9.69. The van der Waals surface area contributed by atoms with Gasteiger partial charge in [0, 0.05) is 18.0 Å².